The van der Waals surface area contributed by atoms with E-state index in [4.69, 9.17) is 0 Å². The normalized spacial score (nSPS) is 17.3. The van der Waals surface area contributed by atoms with E-state index in [2.05, 4.69) is 98.8 Å². The first-order chi connectivity index (χ1) is 13.5. The zero-order chi connectivity index (χ0) is 21.4. The lowest BCUT2D eigenvalue weighted by Gasteiger charge is -2.37. The number of phenolic OH excluding ortho intramolecular Hbond substituents is 1. The molecule has 0 radical (unpaired) electrons. The number of benzene rings is 2. The van der Waals surface area contributed by atoms with Crippen LogP contribution < -0.4 is 0 Å². The molecule has 0 saturated carbocycles. The average molecular weight is 458 g/mol. The van der Waals surface area contributed by atoms with Crippen LogP contribution in [0.3, 0.4) is 0 Å². The third-order valence-corrected chi connectivity index (χ3v) is 6.58. The van der Waals surface area contributed by atoms with Crippen molar-refractivity contribution in [3.8, 4) is 5.75 Å². The summed E-state index contributed by atoms with van der Waals surface area (Å²) in [6.45, 7) is 15.5. The van der Waals surface area contributed by atoms with E-state index in [1.165, 1.54) is 30.4 Å². The molecular weight excluding hydrogens is 422 g/mol. The number of phenols is 1. The summed E-state index contributed by atoms with van der Waals surface area (Å²) >= 11 is 3.57. The molecule has 0 bridgehead atoms. The van der Waals surface area contributed by atoms with Crippen LogP contribution in [-0.4, -0.2) is 23.1 Å². The fraction of sp³-hybridized carbons (Fsp3) is 0.538. The van der Waals surface area contributed by atoms with Crippen LogP contribution in [0.25, 0.3) is 0 Å². The van der Waals surface area contributed by atoms with Gasteiger partial charge in [0, 0.05) is 10.0 Å². The standard InChI is InChI=1S/C26H36BrNO/c1-25(2,3)19-16-21(24(29)22(17-19)26(4,5)6)23(28-14-8-7-9-15-28)18-10-12-20(27)13-11-18/h10-13,16-17,23,29H,7-9,14-15H2,1-6H3. The maximum Gasteiger partial charge on any atom is 0.124 e. The average Bonchev–Trinajstić information content (AvgIpc) is 2.64. The molecular formula is C26H36BrNO. The maximum absolute atomic E-state index is 11.5. The molecule has 1 fully saturated rings. The van der Waals surface area contributed by atoms with Crippen LogP contribution in [-0.2, 0) is 10.8 Å². The highest BCUT2D eigenvalue weighted by atomic mass is 79.9. The number of piperidine rings is 1. The molecule has 1 aliphatic heterocycles. The van der Waals surface area contributed by atoms with Gasteiger partial charge < -0.3 is 5.11 Å². The molecule has 2 aromatic carbocycles. The molecule has 3 heteroatoms. The highest BCUT2D eigenvalue weighted by molar-refractivity contribution is 9.10. The third kappa shape index (κ3) is 5.06. The van der Waals surface area contributed by atoms with Crippen molar-refractivity contribution in [2.75, 3.05) is 13.1 Å². The molecule has 29 heavy (non-hydrogen) atoms. The first kappa shape index (κ1) is 22.4. The molecule has 1 saturated heterocycles. The Balaban J connectivity index is 2.24. The van der Waals surface area contributed by atoms with E-state index in [0.29, 0.717) is 5.75 Å². The molecule has 2 aromatic rings. The quantitative estimate of drug-likeness (QED) is 0.521. The lowest BCUT2D eigenvalue weighted by Crippen LogP contribution is -2.35. The summed E-state index contributed by atoms with van der Waals surface area (Å²) in [7, 11) is 0. The third-order valence-electron chi connectivity index (χ3n) is 6.05. The van der Waals surface area contributed by atoms with Crippen LogP contribution >= 0.6 is 15.9 Å². The highest BCUT2D eigenvalue weighted by Gasteiger charge is 2.31. The number of nitrogens with zero attached hydrogens (tertiary/aromatic N) is 1. The van der Waals surface area contributed by atoms with Crippen molar-refractivity contribution >= 4 is 15.9 Å². The SMILES string of the molecule is CC(C)(C)c1cc(C(c2ccc(Br)cc2)N2CCCCC2)c(O)c(C(C)(C)C)c1. The van der Waals surface area contributed by atoms with Gasteiger partial charge in [-0.25, -0.2) is 0 Å². The number of hydrogen-bond donors (Lipinski definition) is 1. The van der Waals surface area contributed by atoms with Crippen LogP contribution in [0.15, 0.2) is 40.9 Å². The van der Waals surface area contributed by atoms with Crippen LogP contribution in [0, 0.1) is 0 Å². The van der Waals surface area contributed by atoms with Crippen LogP contribution in [0.4, 0.5) is 0 Å². The summed E-state index contributed by atoms with van der Waals surface area (Å²) in [5, 5.41) is 11.5. The van der Waals surface area contributed by atoms with Crippen molar-refractivity contribution in [2.45, 2.75) is 77.7 Å². The second-order valence-corrected chi connectivity index (χ2v) is 11.4. The van der Waals surface area contributed by atoms with Gasteiger partial charge in [-0.1, -0.05) is 82.1 Å². The fourth-order valence-corrected chi connectivity index (χ4v) is 4.54. The van der Waals surface area contributed by atoms with Gasteiger partial charge in [-0.3, -0.25) is 4.90 Å². The van der Waals surface area contributed by atoms with Gasteiger partial charge >= 0.3 is 0 Å². The van der Waals surface area contributed by atoms with E-state index < -0.39 is 0 Å². The van der Waals surface area contributed by atoms with E-state index in [1.54, 1.807) is 0 Å². The monoisotopic (exact) mass is 457 g/mol. The van der Waals surface area contributed by atoms with Gasteiger partial charge in [0.15, 0.2) is 0 Å². The summed E-state index contributed by atoms with van der Waals surface area (Å²) in [4.78, 5) is 2.56. The van der Waals surface area contributed by atoms with E-state index in [1.807, 2.05) is 0 Å². The van der Waals surface area contributed by atoms with Gasteiger partial charge in [0.05, 0.1) is 6.04 Å². The lowest BCUT2D eigenvalue weighted by molar-refractivity contribution is 0.184. The summed E-state index contributed by atoms with van der Waals surface area (Å²) in [6.07, 6.45) is 3.74. The molecule has 2 nitrogen and oxygen atoms in total. The molecule has 1 N–H and O–H groups in total. The van der Waals surface area contributed by atoms with Crippen LogP contribution in [0.2, 0.25) is 0 Å². The molecule has 0 aromatic heterocycles. The fourth-order valence-electron chi connectivity index (χ4n) is 4.28. The van der Waals surface area contributed by atoms with Crippen molar-refractivity contribution in [2.24, 2.45) is 0 Å². The van der Waals surface area contributed by atoms with Crippen LogP contribution in [0.5, 0.6) is 5.75 Å². The lowest BCUT2D eigenvalue weighted by atomic mass is 9.77. The number of halogens is 1. The van der Waals surface area contributed by atoms with Gasteiger partial charge in [-0.2, -0.15) is 0 Å². The summed E-state index contributed by atoms with van der Waals surface area (Å²) < 4.78 is 1.08. The molecule has 0 spiro atoms. The minimum absolute atomic E-state index is 0.0224. The summed E-state index contributed by atoms with van der Waals surface area (Å²) in [6, 6.07) is 13.2. The van der Waals surface area contributed by atoms with Gasteiger partial charge in [-0.05, 0) is 71.7 Å². The minimum atomic E-state index is -0.119. The Kier molecular flexibility index (Phi) is 6.50. The summed E-state index contributed by atoms with van der Waals surface area (Å²) in [5.41, 5.74) is 4.53. The topological polar surface area (TPSA) is 23.5 Å². The van der Waals surface area contributed by atoms with E-state index >= 15 is 0 Å². The van der Waals surface area contributed by atoms with E-state index in [9.17, 15) is 5.11 Å². The van der Waals surface area contributed by atoms with Crippen LogP contribution in [0.1, 0.15) is 89.1 Å². The smallest absolute Gasteiger partial charge is 0.124 e. The van der Waals surface area contributed by atoms with Crippen molar-refractivity contribution < 1.29 is 5.11 Å². The number of aromatic hydroxyl groups is 1. The van der Waals surface area contributed by atoms with E-state index in [-0.39, 0.29) is 16.9 Å². The molecule has 158 valence electrons. The van der Waals surface area contributed by atoms with Crippen molar-refractivity contribution in [1.29, 1.82) is 0 Å². The predicted octanol–water partition coefficient (Wildman–Crippen LogP) is 7.33. The second-order valence-electron chi connectivity index (χ2n) is 10.5. The Morgan fingerprint density at radius 2 is 1.45 bits per heavy atom. The van der Waals surface area contributed by atoms with Gasteiger partial charge in [0.1, 0.15) is 5.75 Å². The Morgan fingerprint density at radius 1 is 0.862 bits per heavy atom. The first-order valence-corrected chi connectivity index (χ1v) is 11.6. The molecule has 0 amide bonds. The van der Waals surface area contributed by atoms with Crippen molar-refractivity contribution in [3.05, 3.63) is 63.1 Å². The maximum atomic E-state index is 11.5. The molecule has 0 aliphatic carbocycles. The zero-order valence-corrected chi connectivity index (χ0v) is 20.4. The highest BCUT2D eigenvalue weighted by Crippen LogP contribution is 2.44. The Morgan fingerprint density at radius 3 is 1.97 bits per heavy atom. The summed E-state index contributed by atoms with van der Waals surface area (Å²) in [5.74, 6) is 0.462. The van der Waals surface area contributed by atoms with E-state index in [0.717, 1.165) is 28.7 Å². The molecule has 1 atom stereocenters. The Labute approximate surface area is 185 Å². The second kappa shape index (κ2) is 8.43. The van der Waals surface area contributed by atoms with Gasteiger partial charge in [-0.15, -0.1) is 0 Å². The Bertz CT molecular complexity index is 837. The number of rotatable bonds is 3. The predicted molar refractivity (Wildman–Crippen MR) is 127 cm³/mol. The van der Waals surface area contributed by atoms with Gasteiger partial charge in [0.2, 0.25) is 0 Å². The number of hydrogen-bond acceptors (Lipinski definition) is 2. The number of likely N-dealkylation sites (tertiary alicyclic amines) is 1. The van der Waals surface area contributed by atoms with Gasteiger partial charge in [0.25, 0.3) is 0 Å². The Hall–Kier alpha value is -1.32. The molecule has 1 heterocycles. The molecule has 3 rings (SSSR count). The zero-order valence-electron chi connectivity index (χ0n) is 18.8. The molecule has 1 unspecified atom stereocenters. The largest absolute Gasteiger partial charge is 0.507 e. The first-order valence-electron chi connectivity index (χ1n) is 10.9. The van der Waals surface area contributed by atoms with Crippen molar-refractivity contribution in [1.82, 2.24) is 4.90 Å². The minimum Gasteiger partial charge on any atom is -0.507 e. The molecule has 1 aliphatic rings. The van der Waals surface area contributed by atoms with Crippen molar-refractivity contribution in [3.63, 3.8) is 0 Å².